The van der Waals surface area contributed by atoms with E-state index in [2.05, 4.69) is 11.9 Å². The molecule has 4 nitrogen and oxygen atoms in total. The van der Waals surface area contributed by atoms with Crippen LogP contribution in [0.2, 0.25) is 0 Å². The van der Waals surface area contributed by atoms with Crippen LogP contribution in [0.15, 0.2) is 78.8 Å². The topological polar surface area (TPSA) is 51.6 Å². The summed E-state index contributed by atoms with van der Waals surface area (Å²) in [7, 11) is 0. The number of rotatable bonds is 8. The molecule has 2 aromatic carbocycles. The molecular formula is C24H25NO3. The Morgan fingerprint density at radius 3 is 2.57 bits per heavy atom. The molecule has 1 N–H and O–H groups in total. The highest BCUT2D eigenvalue weighted by atomic mass is 16.5. The number of hydrogen-bond acceptors (Lipinski definition) is 4. The van der Waals surface area contributed by atoms with Crippen LogP contribution < -0.4 is 9.47 Å². The van der Waals surface area contributed by atoms with Crippen LogP contribution >= 0.6 is 0 Å². The van der Waals surface area contributed by atoms with E-state index < -0.39 is 6.10 Å². The van der Waals surface area contributed by atoms with Crippen molar-refractivity contribution in [3.63, 3.8) is 0 Å². The molecule has 0 saturated heterocycles. The second kappa shape index (κ2) is 9.72. The number of ether oxygens (including phenoxy) is 2. The fourth-order valence-electron chi connectivity index (χ4n) is 2.90. The number of benzene rings is 2. The van der Waals surface area contributed by atoms with Crippen molar-refractivity contribution < 1.29 is 14.6 Å². The molecule has 3 aromatic rings. The zero-order valence-corrected chi connectivity index (χ0v) is 16.2. The first-order chi connectivity index (χ1) is 13.7. The molecule has 28 heavy (non-hydrogen) atoms. The monoisotopic (exact) mass is 375 g/mol. The van der Waals surface area contributed by atoms with Crippen molar-refractivity contribution in [2.75, 3.05) is 6.61 Å². The third-order valence-electron chi connectivity index (χ3n) is 4.33. The van der Waals surface area contributed by atoms with Gasteiger partial charge in [0.2, 0.25) is 0 Å². The minimum atomic E-state index is -0.891. The van der Waals surface area contributed by atoms with E-state index in [4.69, 9.17) is 9.47 Å². The lowest BCUT2D eigenvalue weighted by Crippen LogP contribution is -2.09. The molecule has 3 rings (SSSR count). The predicted octanol–water partition coefficient (Wildman–Crippen LogP) is 5.20. The second-order valence-corrected chi connectivity index (χ2v) is 6.30. The zero-order chi connectivity index (χ0) is 19.8. The Morgan fingerprint density at radius 1 is 1.07 bits per heavy atom. The molecular weight excluding hydrogens is 350 g/mol. The van der Waals surface area contributed by atoms with Crippen LogP contribution in [0.5, 0.6) is 11.5 Å². The molecule has 0 amide bonds. The highest BCUT2D eigenvalue weighted by Gasteiger charge is 2.17. The van der Waals surface area contributed by atoms with E-state index >= 15 is 0 Å². The van der Waals surface area contributed by atoms with Gasteiger partial charge in [0, 0.05) is 12.4 Å². The maximum atomic E-state index is 11.0. The van der Waals surface area contributed by atoms with E-state index in [9.17, 15) is 5.11 Å². The van der Waals surface area contributed by atoms with Gasteiger partial charge in [0.05, 0.1) is 6.61 Å². The molecule has 1 aromatic heterocycles. The van der Waals surface area contributed by atoms with Gasteiger partial charge in [-0.3, -0.25) is 4.98 Å². The van der Waals surface area contributed by atoms with Gasteiger partial charge in [-0.15, -0.1) is 0 Å². The fourth-order valence-corrected chi connectivity index (χ4v) is 2.90. The summed E-state index contributed by atoms with van der Waals surface area (Å²) in [6.45, 7) is 4.64. The Bertz CT molecular complexity index is 908. The smallest absolute Gasteiger partial charge is 0.138 e. The average molecular weight is 375 g/mol. The molecule has 0 aliphatic rings. The van der Waals surface area contributed by atoms with Crippen LogP contribution in [-0.4, -0.2) is 16.7 Å². The summed E-state index contributed by atoms with van der Waals surface area (Å²) in [5.74, 6) is 1.96. The van der Waals surface area contributed by atoms with Crippen molar-refractivity contribution in [1.29, 1.82) is 0 Å². The van der Waals surface area contributed by atoms with Crippen LogP contribution in [0.4, 0.5) is 0 Å². The van der Waals surface area contributed by atoms with Gasteiger partial charge in [-0.05, 0) is 60.4 Å². The van der Waals surface area contributed by atoms with E-state index in [0.29, 0.717) is 18.1 Å². The highest BCUT2D eigenvalue weighted by Crippen LogP contribution is 2.31. The highest BCUT2D eigenvalue weighted by molar-refractivity contribution is 5.53. The number of aliphatic hydroxyl groups is 1. The van der Waals surface area contributed by atoms with Crippen LogP contribution in [0.1, 0.15) is 36.6 Å². The number of aliphatic hydroxyl groups excluding tert-OH is 1. The van der Waals surface area contributed by atoms with Gasteiger partial charge in [-0.1, -0.05) is 43.3 Å². The normalized spacial score (nSPS) is 12.5. The molecule has 0 bridgehead atoms. The van der Waals surface area contributed by atoms with Gasteiger partial charge >= 0.3 is 0 Å². The minimum absolute atomic E-state index is 0.443. The van der Waals surface area contributed by atoms with Gasteiger partial charge in [0.25, 0.3) is 0 Å². The first-order valence-corrected chi connectivity index (χ1v) is 9.49. The van der Waals surface area contributed by atoms with E-state index in [0.717, 1.165) is 28.9 Å². The SMILES string of the molecule is CCOc1ccc(OC(=Cc2cccnc2)C(O)c2ccccc2)c(CC)c1. The lowest BCUT2D eigenvalue weighted by Gasteiger charge is -2.19. The maximum absolute atomic E-state index is 11.0. The van der Waals surface area contributed by atoms with Gasteiger partial charge < -0.3 is 14.6 Å². The number of pyridine rings is 1. The Morgan fingerprint density at radius 2 is 1.89 bits per heavy atom. The summed E-state index contributed by atoms with van der Waals surface area (Å²) >= 11 is 0. The van der Waals surface area contributed by atoms with E-state index in [1.165, 1.54) is 0 Å². The molecule has 0 spiro atoms. The standard InChI is InChI=1S/C24H25NO3/c1-3-19-16-21(27-4-2)12-13-22(19)28-23(15-18-9-8-14-25-17-18)24(26)20-10-6-5-7-11-20/h5-17,24,26H,3-4H2,1-2H3. The predicted molar refractivity (Wildman–Crippen MR) is 111 cm³/mol. The molecule has 144 valence electrons. The van der Waals surface area contributed by atoms with Crippen LogP contribution in [0.25, 0.3) is 6.08 Å². The van der Waals surface area contributed by atoms with Crippen molar-refractivity contribution in [2.45, 2.75) is 26.4 Å². The van der Waals surface area contributed by atoms with Crippen molar-refractivity contribution in [1.82, 2.24) is 4.98 Å². The van der Waals surface area contributed by atoms with Crippen molar-refractivity contribution >= 4 is 6.08 Å². The molecule has 0 fully saturated rings. The Hall–Kier alpha value is -3.11. The molecule has 0 saturated carbocycles. The summed E-state index contributed by atoms with van der Waals surface area (Å²) in [4.78, 5) is 4.14. The maximum Gasteiger partial charge on any atom is 0.138 e. The van der Waals surface area contributed by atoms with Gasteiger partial charge in [-0.25, -0.2) is 0 Å². The Balaban J connectivity index is 1.97. The first kappa shape index (κ1) is 19.6. The fraction of sp³-hybridized carbons (Fsp3) is 0.208. The van der Waals surface area contributed by atoms with Gasteiger partial charge in [0.1, 0.15) is 23.4 Å². The van der Waals surface area contributed by atoms with Crippen molar-refractivity contribution in [3.8, 4) is 11.5 Å². The molecule has 0 radical (unpaired) electrons. The first-order valence-electron chi connectivity index (χ1n) is 9.49. The molecule has 1 heterocycles. The molecule has 0 aliphatic carbocycles. The summed E-state index contributed by atoms with van der Waals surface area (Å²) in [6.07, 6.45) is 5.17. The van der Waals surface area contributed by atoms with Gasteiger partial charge in [-0.2, -0.15) is 0 Å². The third-order valence-corrected chi connectivity index (χ3v) is 4.33. The lowest BCUT2D eigenvalue weighted by atomic mass is 10.1. The quantitative estimate of drug-likeness (QED) is 0.550. The number of aryl methyl sites for hydroxylation is 1. The number of hydrogen-bond donors (Lipinski definition) is 1. The summed E-state index contributed by atoms with van der Waals surface area (Å²) < 4.78 is 11.8. The number of nitrogens with zero attached hydrogens (tertiary/aromatic N) is 1. The Kier molecular flexibility index (Phi) is 6.82. The summed E-state index contributed by atoms with van der Waals surface area (Å²) in [5.41, 5.74) is 2.64. The summed E-state index contributed by atoms with van der Waals surface area (Å²) in [5, 5.41) is 11.0. The van der Waals surface area contributed by atoms with Crippen molar-refractivity contribution in [3.05, 3.63) is 95.5 Å². The van der Waals surface area contributed by atoms with E-state index in [1.54, 1.807) is 12.4 Å². The molecule has 4 heteroatoms. The average Bonchev–Trinajstić information content (AvgIpc) is 2.75. The van der Waals surface area contributed by atoms with Crippen LogP contribution in [0.3, 0.4) is 0 Å². The van der Waals surface area contributed by atoms with E-state index in [1.807, 2.05) is 73.7 Å². The number of aromatic nitrogens is 1. The van der Waals surface area contributed by atoms with Crippen LogP contribution in [-0.2, 0) is 6.42 Å². The molecule has 1 atom stereocenters. The van der Waals surface area contributed by atoms with Gasteiger partial charge in [0.15, 0.2) is 0 Å². The Labute approximate surface area is 166 Å². The lowest BCUT2D eigenvalue weighted by molar-refractivity contribution is 0.165. The van der Waals surface area contributed by atoms with E-state index in [-0.39, 0.29) is 0 Å². The molecule has 0 aliphatic heterocycles. The van der Waals surface area contributed by atoms with Crippen LogP contribution in [0, 0.1) is 0 Å². The van der Waals surface area contributed by atoms with Crippen molar-refractivity contribution in [2.24, 2.45) is 0 Å². The zero-order valence-electron chi connectivity index (χ0n) is 16.2. The second-order valence-electron chi connectivity index (χ2n) is 6.30. The third kappa shape index (κ3) is 4.99. The minimum Gasteiger partial charge on any atom is -0.494 e. The summed E-state index contributed by atoms with van der Waals surface area (Å²) in [6, 6.07) is 19.0. The molecule has 1 unspecified atom stereocenters. The largest absolute Gasteiger partial charge is 0.494 e.